The quantitative estimate of drug-likeness (QED) is 0.686. The molecule has 4 aliphatic carbocycles. The van der Waals surface area contributed by atoms with Crippen LogP contribution in [0.5, 0.6) is 11.5 Å². The molecule has 0 radical (unpaired) electrons. The van der Waals surface area contributed by atoms with Crippen molar-refractivity contribution in [2.75, 3.05) is 13.7 Å². The minimum absolute atomic E-state index is 0.522. The van der Waals surface area contributed by atoms with Gasteiger partial charge in [0, 0.05) is 12.6 Å². The lowest BCUT2D eigenvalue weighted by molar-refractivity contribution is -0.0706. The summed E-state index contributed by atoms with van der Waals surface area (Å²) in [5.74, 6) is 4.34. The van der Waals surface area contributed by atoms with Crippen LogP contribution in [0, 0.1) is 23.2 Å². The largest absolute Gasteiger partial charge is 0.493 e. The van der Waals surface area contributed by atoms with Crippen LogP contribution in [0.1, 0.15) is 57.9 Å². The Kier molecular flexibility index (Phi) is 5.13. The highest BCUT2D eigenvalue weighted by Gasteiger charge is 2.52. The highest BCUT2D eigenvalue weighted by molar-refractivity contribution is 6.32. The van der Waals surface area contributed by atoms with Crippen LogP contribution in [-0.2, 0) is 6.54 Å². The van der Waals surface area contributed by atoms with Gasteiger partial charge in [-0.25, -0.2) is 0 Å². The molecular formula is C22H32ClNO2. The number of ether oxygens (including phenoxy) is 2. The minimum Gasteiger partial charge on any atom is -0.493 e. The maximum Gasteiger partial charge on any atom is 0.179 e. The minimum atomic E-state index is 0.522. The predicted octanol–water partition coefficient (Wildman–Crippen LogP) is 5.44. The van der Waals surface area contributed by atoms with Crippen LogP contribution in [0.2, 0.25) is 5.02 Å². The monoisotopic (exact) mass is 377 g/mol. The molecule has 26 heavy (non-hydrogen) atoms. The molecule has 3 nitrogen and oxygen atoms in total. The molecule has 0 aliphatic heterocycles. The molecule has 5 rings (SSSR count). The normalized spacial score (nSPS) is 33.3. The van der Waals surface area contributed by atoms with Crippen molar-refractivity contribution < 1.29 is 9.47 Å². The molecule has 4 fully saturated rings. The maximum atomic E-state index is 6.43. The van der Waals surface area contributed by atoms with Gasteiger partial charge in [-0.3, -0.25) is 0 Å². The van der Waals surface area contributed by atoms with E-state index in [2.05, 4.69) is 18.3 Å². The van der Waals surface area contributed by atoms with Crippen molar-refractivity contribution in [1.29, 1.82) is 0 Å². The third-order valence-electron chi connectivity index (χ3n) is 7.19. The molecule has 4 bridgehead atoms. The molecule has 0 aromatic heterocycles. The zero-order chi connectivity index (χ0) is 18.3. The number of benzene rings is 1. The Morgan fingerprint density at radius 1 is 1.15 bits per heavy atom. The Labute approximate surface area is 162 Å². The molecular weight excluding hydrogens is 346 g/mol. The fourth-order valence-corrected chi connectivity index (χ4v) is 6.64. The van der Waals surface area contributed by atoms with Crippen LogP contribution in [-0.4, -0.2) is 19.8 Å². The van der Waals surface area contributed by atoms with Gasteiger partial charge in [0.1, 0.15) is 0 Å². The first-order valence-corrected chi connectivity index (χ1v) is 10.6. The molecule has 1 unspecified atom stereocenters. The van der Waals surface area contributed by atoms with Crippen LogP contribution in [0.25, 0.3) is 0 Å². The van der Waals surface area contributed by atoms with Crippen molar-refractivity contribution in [3.05, 3.63) is 22.7 Å². The van der Waals surface area contributed by atoms with Gasteiger partial charge < -0.3 is 14.8 Å². The fourth-order valence-electron chi connectivity index (χ4n) is 6.36. The summed E-state index contributed by atoms with van der Waals surface area (Å²) in [4.78, 5) is 0. The van der Waals surface area contributed by atoms with Crippen LogP contribution in [0.15, 0.2) is 12.1 Å². The molecule has 0 amide bonds. The van der Waals surface area contributed by atoms with E-state index in [9.17, 15) is 0 Å². The third kappa shape index (κ3) is 3.33. The molecule has 144 valence electrons. The standard InChI is InChI=1S/C22H32ClNO2/c1-4-26-21-19(23)8-18(9-20(21)25-3)13-24-14(2)22-10-15-5-16(11-22)7-17(6-15)12-22/h8-9,14-17,24H,4-7,10-13H2,1-3H3. The summed E-state index contributed by atoms with van der Waals surface area (Å²) in [6, 6.07) is 4.61. The van der Waals surface area contributed by atoms with Crippen molar-refractivity contribution in [2.24, 2.45) is 23.2 Å². The van der Waals surface area contributed by atoms with Gasteiger partial charge in [0.15, 0.2) is 11.5 Å². The maximum absolute atomic E-state index is 6.43. The number of hydrogen-bond acceptors (Lipinski definition) is 3. The number of hydrogen-bond donors (Lipinski definition) is 1. The van der Waals surface area contributed by atoms with E-state index in [0.717, 1.165) is 35.6 Å². The van der Waals surface area contributed by atoms with Crippen LogP contribution < -0.4 is 14.8 Å². The second kappa shape index (κ2) is 7.24. The van der Waals surface area contributed by atoms with E-state index in [1.165, 1.54) is 38.5 Å². The Morgan fingerprint density at radius 3 is 2.31 bits per heavy atom. The first kappa shape index (κ1) is 18.4. The van der Waals surface area contributed by atoms with E-state index < -0.39 is 0 Å². The van der Waals surface area contributed by atoms with Gasteiger partial charge in [-0.1, -0.05) is 11.6 Å². The summed E-state index contributed by atoms with van der Waals surface area (Å²) in [5, 5.41) is 4.46. The summed E-state index contributed by atoms with van der Waals surface area (Å²) in [6.07, 6.45) is 8.79. The summed E-state index contributed by atoms with van der Waals surface area (Å²) < 4.78 is 11.1. The molecule has 0 saturated heterocycles. The topological polar surface area (TPSA) is 30.5 Å². The Bertz CT molecular complexity index is 625. The van der Waals surface area contributed by atoms with Crippen molar-refractivity contribution >= 4 is 11.6 Å². The number of methoxy groups -OCH3 is 1. The van der Waals surface area contributed by atoms with E-state index in [-0.39, 0.29) is 0 Å². The van der Waals surface area contributed by atoms with Crippen molar-refractivity contribution in [3.63, 3.8) is 0 Å². The van der Waals surface area contributed by atoms with E-state index in [1.54, 1.807) is 7.11 Å². The average Bonchev–Trinajstić information content (AvgIpc) is 2.60. The number of rotatable bonds is 7. The summed E-state index contributed by atoms with van der Waals surface area (Å²) >= 11 is 6.43. The van der Waals surface area contributed by atoms with Gasteiger partial charge in [-0.2, -0.15) is 0 Å². The number of halogens is 1. The zero-order valence-corrected chi connectivity index (χ0v) is 17.1. The molecule has 1 aromatic rings. The van der Waals surface area contributed by atoms with E-state index in [4.69, 9.17) is 21.1 Å². The highest BCUT2D eigenvalue weighted by atomic mass is 35.5. The van der Waals surface area contributed by atoms with Crippen molar-refractivity contribution in [3.8, 4) is 11.5 Å². The van der Waals surface area contributed by atoms with E-state index >= 15 is 0 Å². The van der Waals surface area contributed by atoms with Gasteiger partial charge >= 0.3 is 0 Å². The van der Waals surface area contributed by atoms with E-state index in [0.29, 0.717) is 28.8 Å². The summed E-state index contributed by atoms with van der Waals surface area (Å²) in [7, 11) is 1.67. The zero-order valence-electron chi connectivity index (χ0n) is 16.3. The predicted molar refractivity (Wildman–Crippen MR) is 106 cm³/mol. The Balaban J connectivity index is 1.45. The van der Waals surface area contributed by atoms with Gasteiger partial charge in [0.05, 0.1) is 18.7 Å². The lowest BCUT2D eigenvalue weighted by atomic mass is 9.48. The van der Waals surface area contributed by atoms with Gasteiger partial charge in [-0.05, 0) is 93.2 Å². The molecule has 4 aliphatic rings. The highest BCUT2D eigenvalue weighted by Crippen LogP contribution is 2.61. The Morgan fingerprint density at radius 2 is 1.77 bits per heavy atom. The van der Waals surface area contributed by atoms with Crippen LogP contribution in [0.4, 0.5) is 0 Å². The molecule has 1 atom stereocenters. The lowest BCUT2D eigenvalue weighted by Gasteiger charge is -2.59. The second-order valence-corrected chi connectivity index (χ2v) is 9.33. The smallest absolute Gasteiger partial charge is 0.179 e. The third-order valence-corrected chi connectivity index (χ3v) is 7.48. The second-order valence-electron chi connectivity index (χ2n) is 8.92. The summed E-state index contributed by atoms with van der Waals surface area (Å²) in [5.41, 5.74) is 1.68. The average molecular weight is 378 g/mol. The van der Waals surface area contributed by atoms with Crippen LogP contribution in [0.3, 0.4) is 0 Å². The number of nitrogens with one attached hydrogen (secondary N) is 1. The van der Waals surface area contributed by atoms with Gasteiger partial charge in [0.2, 0.25) is 0 Å². The molecule has 4 heteroatoms. The molecule has 4 saturated carbocycles. The summed E-state index contributed by atoms with van der Waals surface area (Å²) in [6.45, 7) is 5.76. The molecule has 1 N–H and O–H groups in total. The molecule has 1 aromatic carbocycles. The van der Waals surface area contributed by atoms with Gasteiger partial charge in [-0.15, -0.1) is 0 Å². The first-order chi connectivity index (χ1) is 12.5. The lowest BCUT2D eigenvalue weighted by Crippen LogP contribution is -2.54. The van der Waals surface area contributed by atoms with E-state index in [1.807, 2.05) is 13.0 Å². The van der Waals surface area contributed by atoms with Gasteiger partial charge in [0.25, 0.3) is 0 Å². The molecule has 0 spiro atoms. The fraction of sp³-hybridized carbons (Fsp3) is 0.727. The van der Waals surface area contributed by atoms with Crippen molar-refractivity contribution in [1.82, 2.24) is 5.32 Å². The SMILES string of the molecule is CCOc1c(Cl)cc(CNC(C)C23CC4CC(CC(C4)C2)C3)cc1OC. The Hall–Kier alpha value is -0.930. The van der Waals surface area contributed by atoms with Crippen LogP contribution >= 0.6 is 11.6 Å². The molecule has 0 heterocycles. The first-order valence-electron chi connectivity index (χ1n) is 10.3. The van der Waals surface area contributed by atoms with Crippen molar-refractivity contribution in [2.45, 2.75) is 65.0 Å².